The zero-order valence-corrected chi connectivity index (χ0v) is 25.4. The number of rotatable bonds is 3. The third-order valence-electron chi connectivity index (χ3n) is 7.09. The summed E-state index contributed by atoms with van der Waals surface area (Å²) in [5, 5.41) is 1.31. The van der Waals surface area contributed by atoms with Gasteiger partial charge in [-0.1, -0.05) is 74.6 Å². The quantitative estimate of drug-likeness (QED) is 0.248. The second kappa shape index (κ2) is 14.7. The Morgan fingerprint density at radius 1 is 0.878 bits per heavy atom. The lowest BCUT2D eigenvalue weighted by molar-refractivity contribution is 0.0815. The predicted octanol–water partition coefficient (Wildman–Crippen LogP) is 7.77. The summed E-state index contributed by atoms with van der Waals surface area (Å²) in [6, 6.07) is 6.14. The van der Waals surface area contributed by atoms with Gasteiger partial charge in [-0.2, -0.15) is 0 Å². The van der Waals surface area contributed by atoms with Crippen LogP contribution in [0.3, 0.4) is 0 Å². The Labute approximate surface area is 251 Å². The fraction of sp³-hybridized carbons (Fsp3) is 0.515. The molecule has 0 N–H and O–H groups in total. The number of nitrogens with zero attached hydrogens (tertiary/aromatic N) is 6. The molecule has 2 aliphatic heterocycles. The van der Waals surface area contributed by atoms with Crippen molar-refractivity contribution in [1.29, 1.82) is 0 Å². The highest BCUT2D eigenvalue weighted by atomic mass is 32.1. The van der Waals surface area contributed by atoms with E-state index in [0.717, 1.165) is 43.0 Å². The number of hydrogen-bond donors (Lipinski definition) is 0. The summed E-state index contributed by atoms with van der Waals surface area (Å²) in [5.41, 5.74) is 6.66. The first-order valence-corrected chi connectivity index (χ1v) is 14.7. The van der Waals surface area contributed by atoms with Crippen molar-refractivity contribution < 1.29 is 4.79 Å². The summed E-state index contributed by atoms with van der Waals surface area (Å²) < 4.78 is 1.99. The molecule has 3 aromatic heterocycles. The zero-order chi connectivity index (χ0) is 28.3. The largest absolute Gasteiger partial charge is 0.337 e. The minimum Gasteiger partial charge on any atom is -0.337 e. The SMILES string of the molecule is C.C.CC(C)c1cccc2c1C(=O)N(C)C2.CC(C)c1nc2c(s1)CN(C)CC2.CC(C)c1nccn2ccnc12. The summed E-state index contributed by atoms with van der Waals surface area (Å²) in [5.74, 6) is 1.60. The van der Waals surface area contributed by atoms with Crippen molar-refractivity contribution >= 4 is 22.9 Å². The molecule has 224 valence electrons. The molecule has 0 unspecified atom stereocenters. The van der Waals surface area contributed by atoms with Gasteiger partial charge in [0.05, 0.1) is 16.4 Å². The van der Waals surface area contributed by atoms with Gasteiger partial charge >= 0.3 is 0 Å². The summed E-state index contributed by atoms with van der Waals surface area (Å²) in [6.45, 7) is 15.9. The lowest BCUT2D eigenvalue weighted by Gasteiger charge is -2.20. The Bertz CT molecular complexity index is 1420. The summed E-state index contributed by atoms with van der Waals surface area (Å²) in [6.07, 6.45) is 8.58. The lowest BCUT2D eigenvalue weighted by Crippen LogP contribution is -2.25. The number of likely N-dealkylation sites (N-methyl/N-ethyl adjacent to an activating group) is 1. The first-order chi connectivity index (χ1) is 18.6. The second-order valence-electron chi connectivity index (χ2n) is 11.4. The number of carbonyl (C=O) groups excluding carboxylic acids is 1. The van der Waals surface area contributed by atoms with Crippen LogP contribution in [0.5, 0.6) is 0 Å². The van der Waals surface area contributed by atoms with Gasteiger partial charge in [0.1, 0.15) is 0 Å². The van der Waals surface area contributed by atoms with Crippen LogP contribution in [-0.2, 0) is 19.5 Å². The van der Waals surface area contributed by atoms with Crippen LogP contribution in [-0.4, -0.2) is 55.7 Å². The molecule has 0 aliphatic carbocycles. The Balaban J connectivity index is 0.000000211. The number of amides is 1. The van der Waals surface area contributed by atoms with Crippen LogP contribution in [0.1, 0.15) is 117 Å². The molecule has 2 aliphatic rings. The number of thiazole rings is 1. The van der Waals surface area contributed by atoms with E-state index < -0.39 is 0 Å². The van der Waals surface area contributed by atoms with Gasteiger partial charge in [-0.25, -0.2) is 9.97 Å². The van der Waals surface area contributed by atoms with Gasteiger partial charge in [-0.15, -0.1) is 11.3 Å². The Hall–Kier alpha value is -3.10. The van der Waals surface area contributed by atoms with Crippen LogP contribution in [0.25, 0.3) is 5.65 Å². The first kappa shape index (κ1) is 34.1. The number of carbonyl (C=O) groups is 1. The van der Waals surface area contributed by atoms with E-state index >= 15 is 0 Å². The van der Waals surface area contributed by atoms with Crippen LogP contribution in [0.2, 0.25) is 0 Å². The van der Waals surface area contributed by atoms with Crippen molar-refractivity contribution in [3.8, 4) is 0 Å². The highest BCUT2D eigenvalue weighted by Crippen LogP contribution is 2.30. The van der Waals surface area contributed by atoms with Crippen molar-refractivity contribution in [1.82, 2.24) is 29.2 Å². The van der Waals surface area contributed by atoms with E-state index in [1.807, 2.05) is 53.5 Å². The van der Waals surface area contributed by atoms with Crippen LogP contribution < -0.4 is 0 Å². The highest BCUT2D eigenvalue weighted by molar-refractivity contribution is 7.11. The molecule has 4 aromatic rings. The molecular weight excluding hydrogens is 528 g/mol. The van der Waals surface area contributed by atoms with Crippen molar-refractivity contribution in [3.05, 3.63) is 80.9 Å². The van der Waals surface area contributed by atoms with Crippen LogP contribution in [0.4, 0.5) is 0 Å². The van der Waals surface area contributed by atoms with E-state index in [4.69, 9.17) is 0 Å². The van der Waals surface area contributed by atoms with Gasteiger partial charge in [-0.3, -0.25) is 9.78 Å². The standard InChI is InChI=1S/C12H15NO.C10H16N2S.C9H11N3.2CH4/c1-8(2)10-6-4-5-9-7-13(3)12(14)11(9)10;1-7(2)10-11-8-4-5-12(3)6-9(8)13-10;1-7(2)8-9-11-4-6-12(9)5-3-10-8;;/h4-6,8H,7H2,1-3H3;7H,4-6H2,1-3H3;3-7H,1-2H3;2*1H4. The van der Waals surface area contributed by atoms with E-state index in [1.165, 1.54) is 26.7 Å². The van der Waals surface area contributed by atoms with Crippen molar-refractivity contribution in [2.24, 2.45) is 0 Å². The van der Waals surface area contributed by atoms with E-state index in [2.05, 4.69) is 74.5 Å². The van der Waals surface area contributed by atoms with E-state index in [-0.39, 0.29) is 20.8 Å². The van der Waals surface area contributed by atoms with Gasteiger partial charge in [0.25, 0.3) is 5.91 Å². The van der Waals surface area contributed by atoms with E-state index in [9.17, 15) is 4.79 Å². The third-order valence-corrected chi connectivity index (χ3v) is 8.47. The smallest absolute Gasteiger partial charge is 0.254 e. The number of benzene rings is 1. The van der Waals surface area contributed by atoms with E-state index in [1.54, 1.807) is 11.1 Å². The number of hydrogen-bond acceptors (Lipinski definition) is 6. The molecule has 0 saturated carbocycles. The molecule has 1 amide bonds. The monoisotopic (exact) mass is 578 g/mol. The van der Waals surface area contributed by atoms with Gasteiger partial charge in [0.2, 0.25) is 0 Å². The van der Waals surface area contributed by atoms with Crippen LogP contribution in [0, 0.1) is 0 Å². The molecule has 0 fully saturated rings. The number of fused-ring (bicyclic) bond motifs is 3. The maximum Gasteiger partial charge on any atom is 0.254 e. The number of imidazole rings is 1. The van der Waals surface area contributed by atoms with Gasteiger partial charge in [0.15, 0.2) is 5.65 Å². The zero-order valence-electron chi connectivity index (χ0n) is 24.6. The maximum absolute atomic E-state index is 11.8. The predicted molar refractivity (Wildman–Crippen MR) is 173 cm³/mol. The average Bonchev–Trinajstić information content (AvgIpc) is 3.61. The molecule has 0 saturated heterocycles. The number of aromatic nitrogens is 4. The van der Waals surface area contributed by atoms with Gasteiger partial charge in [-0.05, 0) is 30.0 Å². The van der Waals surface area contributed by atoms with Crippen molar-refractivity contribution in [2.75, 3.05) is 20.6 Å². The van der Waals surface area contributed by atoms with Crippen molar-refractivity contribution in [3.63, 3.8) is 0 Å². The Morgan fingerprint density at radius 2 is 1.56 bits per heavy atom. The van der Waals surface area contributed by atoms with Gasteiger partial charge in [0, 0.05) is 74.2 Å². The summed E-state index contributed by atoms with van der Waals surface area (Å²) in [7, 11) is 4.03. The van der Waals surface area contributed by atoms with Crippen LogP contribution in [0.15, 0.2) is 43.0 Å². The molecule has 0 radical (unpaired) electrons. The molecule has 41 heavy (non-hydrogen) atoms. The fourth-order valence-corrected chi connectivity index (χ4v) is 6.08. The minimum atomic E-state index is 0. The van der Waals surface area contributed by atoms with E-state index in [0.29, 0.717) is 17.8 Å². The first-order valence-electron chi connectivity index (χ1n) is 13.9. The molecule has 0 atom stereocenters. The highest BCUT2D eigenvalue weighted by Gasteiger charge is 2.27. The molecule has 6 rings (SSSR count). The lowest BCUT2D eigenvalue weighted by atomic mass is 9.95. The second-order valence-corrected chi connectivity index (χ2v) is 12.5. The molecule has 0 bridgehead atoms. The summed E-state index contributed by atoms with van der Waals surface area (Å²) >= 11 is 1.89. The average molecular weight is 579 g/mol. The van der Waals surface area contributed by atoms with Crippen LogP contribution >= 0.6 is 11.3 Å². The Morgan fingerprint density at radius 3 is 2.20 bits per heavy atom. The van der Waals surface area contributed by atoms with Crippen molar-refractivity contribution in [2.45, 2.75) is 93.7 Å². The fourth-order valence-electron chi connectivity index (χ4n) is 4.88. The molecule has 1 aromatic carbocycles. The third kappa shape index (κ3) is 7.80. The molecule has 5 heterocycles. The van der Waals surface area contributed by atoms with Gasteiger partial charge < -0.3 is 14.2 Å². The molecule has 0 spiro atoms. The molecule has 8 heteroatoms. The normalized spacial score (nSPS) is 14.1. The summed E-state index contributed by atoms with van der Waals surface area (Å²) in [4.78, 5) is 30.7. The topological polar surface area (TPSA) is 66.6 Å². The molecular formula is C33H50N6OS. The maximum atomic E-state index is 11.8. The minimum absolute atomic E-state index is 0. The molecule has 7 nitrogen and oxygen atoms in total. The Kier molecular flexibility index (Phi) is 12.2.